The zero-order valence-corrected chi connectivity index (χ0v) is 8.35. The molecule has 3 N–H and O–H groups in total. The minimum Gasteiger partial charge on any atom is -0.468 e. The highest BCUT2D eigenvalue weighted by atomic mass is 16.5. The van der Waals surface area contributed by atoms with Crippen LogP contribution in [-0.4, -0.2) is 52.9 Å². The van der Waals surface area contributed by atoms with E-state index in [1.54, 1.807) is 0 Å². The van der Waals surface area contributed by atoms with Crippen molar-refractivity contribution in [3.63, 3.8) is 0 Å². The van der Waals surface area contributed by atoms with Gasteiger partial charge < -0.3 is 15.4 Å². The second-order valence-electron chi connectivity index (χ2n) is 2.79. The second-order valence-corrected chi connectivity index (χ2v) is 2.79. The van der Waals surface area contributed by atoms with Crippen LogP contribution in [0.15, 0.2) is 0 Å². The van der Waals surface area contributed by atoms with E-state index >= 15 is 0 Å². The number of hydrogen-bond acceptors (Lipinski definition) is 6. The first-order valence-electron chi connectivity index (χ1n) is 4.04. The fraction of sp³-hybridized carbons (Fsp3) is 0.429. The molecule has 1 aromatic heterocycles. The molecule has 82 valence electrons. The summed E-state index contributed by atoms with van der Waals surface area (Å²) >= 11 is 0. The highest BCUT2D eigenvalue weighted by molar-refractivity contribution is 5.97. The summed E-state index contributed by atoms with van der Waals surface area (Å²) in [6.07, 6.45) is 0. The van der Waals surface area contributed by atoms with Gasteiger partial charge in [-0.1, -0.05) is 0 Å². The Morgan fingerprint density at radius 3 is 2.67 bits per heavy atom. The first-order chi connectivity index (χ1) is 7.06. The maximum absolute atomic E-state index is 11.6. The summed E-state index contributed by atoms with van der Waals surface area (Å²) in [5, 5.41) is 9.28. The molecular formula is C7H11N5O3. The molecule has 1 aromatic rings. The van der Waals surface area contributed by atoms with Gasteiger partial charge in [0.05, 0.1) is 7.11 Å². The maximum atomic E-state index is 11.6. The van der Waals surface area contributed by atoms with E-state index in [9.17, 15) is 9.59 Å². The van der Waals surface area contributed by atoms with Crippen molar-refractivity contribution in [1.29, 1.82) is 0 Å². The molecule has 1 amide bonds. The Labute approximate surface area is 85.4 Å². The standard InChI is InChI=1S/C7H11N5O3/c1-12(3-4(13)15-2)7(14)5-6(8)10-11-9-5/h3H2,1-2H3,(H3,8,9,10,11). The van der Waals surface area contributed by atoms with Gasteiger partial charge in [0, 0.05) is 7.05 Å². The average molecular weight is 213 g/mol. The molecule has 0 unspecified atom stereocenters. The number of nitrogens with two attached hydrogens (primary N) is 1. The normalized spacial score (nSPS) is 9.73. The van der Waals surface area contributed by atoms with Crippen LogP contribution in [0.5, 0.6) is 0 Å². The van der Waals surface area contributed by atoms with Gasteiger partial charge in [-0.25, -0.2) is 0 Å². The van der Waals surface area contributed by atoms with Crippen LogP contribution in [0.3, 0.4) is 0 Å². The van der Waals surface area contributed by atoms with Crippen LogP contribution in [0.25, 0.3) is 0 Å². The lowest BCUT2D eigenvalue weighted by Gasteiger charge is -2.13. The Morgan fingerprint density at radius 2 is 2.20 bits per heavy atom. The van der Waals surface area contributed by atoms with E-state index in [0.29, 0.717) is 0 Å². The Kier molecular flexibility index (Phi) is 3.21. The molecule has 0 bridgehead atoms. The summed E-state index contributed by atoms with van der Waals surface area (Å²) < 4.78 is 4.41. The maximum Gasteiger partial charge on any atom is 0.325 e. The molecule has 0 spiro atoms. The first-order valence-corrected chi connectivity index (χ1v) is 4.04. The molecule has 15 heavy (non-hydrogen) atoms. The summed E-state index contributed by atoms with van der Waals surface area (Å²) in [6.45, 7) is -0.165. The predicted molar refractivity (Wildman–Crippen MR) is 49.8 cm³/mol. The van der Waals surface area contributed by atoms with Crippen molar-refractivity contribution in [2.45, 2.75) is 0 Å². The lowest BCUT2D eigenvalue weighted by molar-refractivity contribution is -0.141. The largest absolute Gasteiger partial charge is 0.468 e. The van der Waals surface area contributed by atoms with Crippen molar-refractivity contribution in [2.75, 3.05) is 26.4 Å². The lowest BCUT2D eigenvalue weighted by atomic mass is 10.3. The summed E-state index contributed by atoms with van der Waals surface area (Å²) in [5.74, 6) is -1.02. The van der Waals surface area contributed by atoms with E-state index in [0.717, 1.165) is 4.90 Å². The molecule has 1 rings (SSSR count). The second kappa shape index (κ2) is 4.40. The number of ether oxygens (including phenoxy) is 1. The number of nitrogens with zero attached hydrogens (tertiary/aromatic N) is 3. The summed E-state index contributed by atoms with van der Waals surface area (Å²) in [5.41, 5.74) is 5.36. The van der Waals surface area contributed by atoms with E-state index < -0.39 is 11.9 Å². The van der Waals surface area contributed by atoms with Crippen LogP contribution >= 0.6 is 0 Å². The third-order valence-electron chi connectivity index (χ3n) is 1.72. The molecule has 0 fully saturated rings. The molecule has 0 aliphatic rings. The Morgan fingerprint density at radius 1 is 1.53 bits per heavy atom. The molecule has 8 nitrogen and oxygen atoms in total. The molecule has 0 saturated heterocycles. The number of esters is 1. The van der Waals surface area contributed by atoms with Gasteiger partial charge in [0.25, 0.3) is 5.91 Å². The van der Waals surface area contributed by atoms with Gasteiger partial charge in [0.15, 0.2) is 11.5 Å². The number of hydrogen-bond donors (Lipinski definition) is 2. The van der Waals surface area contributed by atoms with Crippen molar-refractivity contribution >= 4 is 17.7 Å². The lowest BCUT2D eigenvalue weighted by Crippen LogP contribution is -2.33. The number of H-pyrrole nitrogens is 1. The number of amides is 1. The average Bonchev–Trinajstić information content (AvgIpc) is 2.63. The molecular weight excluding hydrogens is 202 g/mol. The van der Waals surface area contributed by atoms with Crippen LogP contribution in [0.2, 0.25) is 0 Å². The summed E-state index contributed by atoms with van der Waals surface area (Å²) in [4.78, 5) is 23.6. The molecule has 1 heterocycles. The number of nitrogens with one attached hydrogen (secondary N) is 1. The number of aromatic amines is 1. The first kappa shape index (κ1) is 11.0. The molecule has 0 aliphatic heterocycles. The Hall–Kier alpha value is -2.12. The summed E-state index contributed by atoms with van der Waals surface area (Å²) in [6, 6.07) is 0. The molecule has 0 aliphatic carbocycles. The number of likely N-dealkylation sites (N-methyl/N-ethyl adjacent to an activating group) is 1. The van der Waals surface area contributed by atoms with Crippen LogP contribution < -0.4 is 5.73 Å². The van der Waals surface area contributed by atoms with Crippen LogP contribution in [0.4, 0.5) is 5.82 Å². The third kappa shape index (κ3) is 2.42. The Bertz CT molecular complexity index is 374. The van der Waals surface area contributed by atoms with Crippen LogP contribution in [0, 0.1) is 0 Å². The minimum absolute atomic E-state index is 0.00304. The fourth-order valence-electron chi connectivity index (χ4n) is 0.907. The molecule has 8 heteroatoms. The van der Waals surface area contributed by atoms with Crippen molar-refractivity contribution in [2.24, 2.45) is 0 Å². The zero-order chi connectivity index (χ0) is 11.4. The van der Waals surface area contributed by atoms with E-state index in [2.05, 4.69) is 20.1 Å². The van der Waals surface area contributed by atoms with E-state index in [1.165, 1.54) is 14.2 Å². The number of nitrogen functional groups attached to an aromatic ring is 1. The van der Waals surface area contributed by atoms with Crippen molar-refractivity contribution in [3.8, 4) is 0 Å². The van der Waals surface area contributed by atoms with Gasteiger partial charge >= 0.3 is 5.97 Å². The number of methoxy groups -OCH3 is 1. The highest BCUT2D eigenvalue weighted by Gasteiger charge is 2.20. The number of carbonyl (C=O) groups is 2. The van der Waals surface area contributed by atoms with Gasteiger partial charge in [0.1, 0.15) is 6.54 Å². The van der Waals surface area contributed by atoms with Gasteiger partial charge in [0.2, 0.25) is 0 Å². The fourth-order valence-corrected chi connectivity index (χ4v) is 0.907. The van der Waals surface area contributed by atoms with Gasteiger partial charge in [-0.05, 0) is 0 Å². The molecule has 0 saturated carbocycles. The third-order valence-corrected chi connectivity index (χ3v) is 1.72. The molecule has 0 atom stereocenters. The number of rotatable bonds is 3. The number of anilines is 1. The van der Waals surface area contributed by atoms with Crippen LogP contribution in [-0.2, 0) is 9.53 Å². The van der Waals surface area contributed by atoms with Gasteiger partial charge in [-0.3, -0.25) is 9.59 Å². The van der Waals surface area contributed by atoms with Crippen LogP contribution in [0.1, 0.15) is 10.5 Å². The van der Waals surface area contributed by atoms with E-state index in [-0.39, 0.29) is 18.1 Å². The molecule has 0 radical (unpaired) electrons. The SMILES string of the molecule is COC(=O)CN(C)C(=O)c1n[nH]nc1N. The summed E-state index contributed by atoms with van der Waals surface area (Å²) in [7, 11) is 2.68. The Balaban J connectivity index is 2.69. The van der Waals surface area contributed by atoms with Gasteiger partial charge in [-0.2, -0.15) is 5.21 Å². The number of carbonyl (C=O) groups excluding carboxylic acids is 2. The van der Waals surface area contributed by atoms with Gasteiger partial charge in [-0.15, -0.1) is 10.2 Å². The smallest absolute Gasteiger partial charge is 0.325 e. The highest BCUT2D eigenvalue weighted by Crippen LogP contribution is 2.05. The van der Waals surface area contributed by atoms with Crippen molar-refractivity contribution in [1.82, 2.24) is 20.3 Å². The topological polar surface area (TPSA) is 114 Å². The van der Waals surface area contributed by atoms with Crippen molar-refractivity contribution < 1.29 is 14.3 Å². The van der Waals surface area contributed by atoms with Crippen molar-refractivity contribution in [3.05, 3.63) is 5.69 Å². The minimum atomic E-state index is -0.520. The zero-order valence-electron chi connectivity index (χ0n) is 8.35. The van der Waals surface area contributed by atoms with E-state index in [4.69, 9.17) is 5.73 Å². The predicted octanol–water partition coefficient (Wildman–Crippen LogP) is -1.37. The monoisotopic (exact) mass is 213 g/mol. The number of aromatic nitrogens is 3. The van der Waals surface area contributed by atoms with E-state index in [1.807, 2.05) is 0 Å². The molecule has 0 aromatic carbocycles. The quantitative estimate of drug-likeness (QED) is 0.599.